The van der Waals surface area contributed by atoms with Gasteiger partial charge in [-0.05, 0) is 18.1 Å². The number of urea groups is 2. The smallest absolute Gasteiger partial charge is 0.319 e. The molecule has 0 spiro atoms. The lowest BCUT2D eigenvalue weighted by atomic mass is 10.1. The van der Waals surface area contributed by atoms with Crippen molar-refractivity contribution in [2.75, 3.05) is 26.2 Å². The number of nitrogens with zero attached hydrogens (tertiary/aromatic N) is 2. The number of carbonyl (C=O) groups is 2. The highest BCUT2D eigenvalue weighted by Crippen LogP contribution is 2.05. The van der Waals surface area contributed by atoms with Gasteiger partial charge in [-0.1, -0.05) is 42.0 Å². The van der Waals surface area contributed by atoms with Gasteiger partial charge >= 0.3 is 12.1 Å². The van der Waals surface area contributed by atoms with Gasteiger partial charge in [0.2, 0.25) is 0 Å². The molecule has 0 aliphatic heterocycles. The summed E-state index contributed by atoms with van der Waals surface area (Å²) < 4.78 is 0. The standard InChI is InChI=1S/C21H24N4O2/c1-5-13-24(8-4)20(26)22-16-18-9-11-19(12-10-18)17-23-21(27)25(14-6-2)15-7-3/h1-3,9-12H,8,13-17H2,4H3,(H,22,26)(H,23,27). The summed E-state index contributed by atoms with van der Waals surface area (Å²) in [6.07, 6.45) is 15.7. The van der Waals surface area contributed by atoms with Gasteiger partial charge in [0.15, 0.2) is 0 Å². The van der Waals surface area contributed by atoms with Crippen LogP contribution in [0.5, 0.6) is 0 Å². The van der Waals surface area contributed by atoms with Crippen molar-refractivity contribution in [3.63, 3.8) is 0 Å². The molecule has 0 saturated carbocycles. The van der Waals surface area contributed by atoms with Crippen LogP contribution in [0.3, 0.4) is 0 Å². The molecule has 1 aromatic carbocycles. The maximum Gasteiger partial charge on any atom is 0.319 e. The van der Waals surface area contributed by atoms with Crippen molar-refractivity contribution in [3.8, 4) is 37.0 Å². The lowest BCUT2D eigenvalue weighted by Crippen LogP contribution is -2.40. The number of hydrogen-bond acceptors (Lipinski definition) is 2. The van der Waals surface area contributed by atoms with Crippen molar-refractivity contribution in [3.05, 3.63) is 35.4 Å². The number of carbonyl (C=O) groups excluding carboxylic acids is 2. The molecule has 2 N–H and O–H groups in total. The van der Waals surface area contributed by atoms with Gasteiger partial charge < -0.3 is 20.4 Å². The van der Waals surface area contributed by atoms with Gasteiger partial charge in [-0.25, -0.2) is 9.59 Å². The monoisotopic (exact) mass is 364 g/mol. The quantitative estimate of drug-likeness (QED) is 0.689. The average molecular weight is 364 g/mol. The van der Waals surface area contributed by atoms with Gasteiger partial charge in [0.25, 0.3) is 0 Å². The molecule has 6 heteroatoms. The van der Waals surface area contributed by atoms with Crippen molar-refractivity contribution < 1.29 is 9.59 Å². The molecule has 0 aliphatic carbocycles. The third-order valence-corrected chi connectivity index (χ3v) is 3.71. The van der Waals surface area contributed by atoms with Crippen LogP contribution in [-0.2, 0) is 13.1 Å². The van der Waals surface area contributed by atoms with E-state index in [2.05, 4.69) is 28.4 Å². The normalized spacial score (nSPS) is 9.26. The molecule has 0 aromatic heterocycles. The summed E-state index contributed by atoms with van der Waals surface area (Å²) in [6.45, 7) is 3.75. The molecule has 0 heterocycles. The van der Waals surface area contributed by atoms with Gasteiger partial charge in [0, 0.05) is 19.6 Å². The number of nitrogens with one attached hydrogen (secondary N) is 2. The number of hydrogen-bond donors (Lipinski definition) is 2. The Bertz CT molecular complexity index is 734. The van der Waals surface area contributed by atoms with E-state index < -0.39 is 0 Å². The lowest BCUT2D eigenvalue weighted by molar-refractivity contribution is 0.206. The predicted octanol–water partition coefficient (Wildman–Crippen LogP) is 1.63. The van der Waals surface area contributed by atoms with E-state index in [1.54, 1.807) is 4.90 Å². The van der Waals surface area contributed by atoms with Crippen LogP contribution < -0.4 is 10.6 Å². The summed E-state index contributed by atoms with van der Waals surface area (Å²) in [5.74, 6) is 7.26. The molecule has 0 radical (unpaired) electrons. The second-order valence-electron chi connectivity index (χ2n) is 5.62. The van der Waals surface area contributed by atoms with E-state index in [1.165, 1.54) is 4.90 Å². The number of terminal acetylenes is 3. The Morgan fingerprint density at radius 1 is 0.815 bits per heavy atom. The summed E-state index contributed by atoms with van der Waals surface area (Å²) in [5.41, 5.74) is 1.86. The van der Waals surface area contributed by atoms with Crippen LogP contribution in [0.2, 0.25) is 0 Å². The number of benzene rings is 1. The second kappa shape index (κ2) is 11.9. The molecule has 1 rings (SSSR count). The molecule has 0 atom stereocenters. The van der Waals surface area contributed by atoms with Crippen molar-refractivity contribution in [2.24, 2.45) is 0 Å². The van der Waals surface area contributed by atoms with Crippen LogP contribution in [0.1, 0.15) is 18.1 Å². The fourth-order valence-electron chi connectivity index (χ4n) is 2.21. The molecule has 1 aromatic rings. The van der Waals surface area contributed by atoms with E-state index in [4.69, 9.17) is 19.3 Å². The van der Waals surface area contributed by atoms with Gasteiger partial charge in [-0.2, -0.15) is 0 Å². The summed E-state index contributed by atoms with van der Waals surface area (Å²) in [6, 6.07) is 7.03. The Kier molecular flexibility index (Phi) is 9.47. The lowest BCUT2D eigenvalue weighted by Gasteiger charge is -2.19. The molecular formula is C21H24N4O2. The summed E-state index contributed by atoms with van der Waals surface area (Å²) in [7, 11) is 0. The van der Waals surface area contributed by atoms with Gasteiger partial charge in [-0.15, -0.1) is 19.3 Å². The SMILES string of the molecule is C#CCN(CC)C(=O)NCc1ccc(CNC(=O)N(CC#C)CC#C)cc1. The molecule has 0 unspecified atom stereocenters. The van der Waals surface area contributed by atoms with Gasteiger partial charge in [-0.3, -0.25) is 0 Å². The van der Waals surface area contributed by atoms with Gasteiger partial charge in [0.1, 0.15) is 0 Å². The zero-order valence-corrected chi connectivity index (χ0v) is 15.5. The average Bonchev–Trinajstić information content (AvgIpc) is 2.69. The largest absolute Gasteiger partial charge is 0.334 e. The highest BCUT2D eigenvalue weighted by molar-refractivity contribution is 5.75. The highest BCUT2D eigenvalue weighted by atomic mass is 16.2. The van der Waals surface area contributed by atoms with E-state index in [-0.39, 0.29) is 31.7 Å². The second-order valence-corrected chi connectivity index (χ2v) is 5.62. The number of rotatable bonds is 8. The first-order valence-electron chi connectivity index (χ1n) is 8.49. The Morgan fingerprint density at radius 3 is 1.56 bits per heavy atom. The number of amides is 4. The molecule has 0 fully saturated rings. The van der Waals surface area contributed by atoms with Crippen LogP contribution >= 0.6 is 0 Å². The Morgan fingerprint density at radius 2 is 1.19 bits per heavy atom. The first kappa shape index (κ1) is 21.5. The van der Waals surface area contributed by atoms with Crippen molar-refractivity contribution >= 4 is 12.1 Å². The first-order valence-corrected chi connectivity index (χ1v) is 8.49. The van der Waals surface area contributed by atoms with Crippen LogP contribution in [0.15, 0.2) is 24.3 Å². The van der Waals surface area contributed by atoms with Crippen LogP contribution in [0.25, 0.3) is 0 Å². The minimum absolute atomic E-state index is 0.156. The molecule has 27 heavy (non-hydrogen) atoms. The molecule has 0 bridgehead atoms. The molecule has 6 nitrogen and oxygen atoms in total. The van der Waals surface area contributed by atoms with E-state index in [0.29, 0.717) is 19.6 Å². The molecule has 140 valence electrons. The first-order chi connectivity index (χ1) is 13.0. The maximum atomic E-state index is 12.0. The van der Waals surface area contributed by atoms with Crippen LogP contribution in [0.4, 0.5) is 9.59 Å². The summed E-state index contributed by atoms with van der Waals surface area (Å²) in [4.78, 5) is 27.0. The van der Waals surface area contributed by atoms with E-state index in [1.807, 2.05) is 31.2 Å². The van der Waals surface area contributed by atoms with Crippen molar-refractivity contribution in [1.82, 2.24) is 20.4 Å². The van der Waals surface area contributed by atoms with Crippen LogP contribution in [-0.4, -0.2) is 48.0 Å². The molecule has 0 aliphatic rings. The topological polar surface area (TPSA) is 64.7 Å². The van der Waals surface area contributed by atoms with E-state index in [9.17, 15) is 9.59 Å². The van der Waals surface area contributed by atoms with E-state index in [0.717, 1.165) is 11.1 Å². The maximum absolute atomic E-state index is 12.0. The van der Waals surface area contributed by atoms with Crippen molar-refractivity contribution in [1.29, 1.82) is 0 Å². The van der Waals surface area contributed by atoms with Crippen molar-refractivity contribution in [2.45, 2.75) is 20.0 Å². The van der Waals surface area contributed by atoms with Gasteiger partial charge in [0.05, 0.1) is 19.6 Å². The molecule has 4 amide bonds. The molecule has 0 saturated heterocycles. The summed E-state index contributed by atoms with van der Waals surface area (Å²) >= 11 is 0. The predicted molar refractivity (Wildman–Crippen MR) is 106 cm³/mol. The third kappa shape index (κ3) is 7.46. The third-order valence-electron chi connectivity index (χ3n) is 3.71. The Labute approximate surface area is 161 Å². The Balaban J connectivity index is 2.51. The fraction of sp³-hybridized carbons (Fsp3) is 0.333. The van der Waals surface area contributed by atoms with E-state index >= 15 is 0 Å². The zero-order valence-electron chi connectivity index (χ0n) is 15.5. The minimum Gasteiger partial charge on any atom is -0.334 e. The fourth-order valence-corrected chi connectivity index (χ4v) is 2.21. The summed E-state index contributed by atoms with van der Waals surface area (Å²) in [5, 5.41) is 5.60. The highest BCUT2D eigenvalue weighted by Gasteiger charge is 2.11. The minimum atomic E-state index is -0.310. The van der Waals surface area contributed by atoms with Crippen LogP contribution in [0, 0.1) is 37.0 Å². The Hall–Kier alpha value is -3.56. The molecular weight excluding hydrogens is 340 g/mol. The zero-order chi connectivity index (χ0) is 20.1.